The molecule has 2 atom stereocenters. The summed E-state index contributed by atoms with van der Waals surface area (Å²) in [7, 11) is 1.71. The summed E-state index contributed by atoms with van der Waals surface area (Å²) in [5.41, 5.74) is -0.937. The third-order valence-electron chi connectivity index (χ3n) is 6.32. The van der Waals surface area contributed by atoms with Crippen LogP contribution >= 0.6 is 12.6 Å². The number of rotatable bonds is 8. The number of hydrogen-bond donors (Lipinski definition) is 5. The molecular formula is C33H68N4O6S. The van der Waals surface area contributed by atoms with Crippen molar-refractivity contribution in [3.63, 3.8) is 0 Å². The number of methoxy groups -OCH3 is 1. The van der Waals surface area contributed by atoms with Gasteiger partial charge in [-0.2, -0.15) is 12.6 Å². The number of carbonyl (C=O) groups is 4. The Morgan fingerprint density at radius 2 is 1.52 bits per heavy atom. The molecule has 10 nitrogen and oxygen atoms in total. The highest BCUT2D eigenvalue weighted by Crippen LogP contribution is 2.41. The smallest absolute Gasteiger partial charge is 0.251 e. The van der Waals surface area contributed by atoms with E-state index < -0.39 is 23.6 Å². The number of aliphatic hydroxyl groups is 1. The number of carbonyl (C=O) groups excluding carboxylic acids is 4. The van der Waals surface area contributed by atoms with Gasteiger partial charge in [-0.1, -0.05) is 61.8 Å². The minimum atomic E-state index is -1.31. The summed E-state index contributed by atoms with van der Waals surface area (Å²) in [5.74, 6) is 0.0194. The second kappa shape index (κ2) is 25.4. The highest BCUT2D eigenvalue weighted by Gasteiger charge is 2.53. The first kappa shape index (κ1) is 46.6. The molecule has 4 amide bonds. The third-order valence-corrected chi connectivity index (χ3v) is 6.32. The zero-order valence-corrected chi connectivity index (χ0v) is 31.1. The number of amides is 4. The van der Waals surface area contributed by atoms with E-state index in [2.05, 4.69) is 63.2 Å². The molecule has 0 radical (unpaired) electrons. The van der Waals surface area contributed by atoms with Crippen LogP contribution in [-0.2, 0) is 23.9 Å². The van der Waals surface area contributed by atoms with Gasteiger partial charge < -0.3 is 30.7 Å². The van der Waals surface area contributed by atoms with Crippen LogP contribution in [0.5, 0.6) is 0 Å². The lowest BCUT2D eigenvalue weighted by molar-refractivity contribution is -0.146. The lowest BCUT2D eigenvalue weighted by Gasteiger charge is -2.49. The fourth-order valence-corrected chi connectivity index (χ4v) is 4.23. The predicted octanol–water partition coefficient (Wildman–Crippen LogP) is 4.73. The van der Waals surface area contributed by atoms with Crippen molar-refractivity contribution in [3.8, 4) is 0 Å². The summed E-state index contributed by atoms with van der Waals surface area (Å²) >= 11 is 3.53. The van der Waals surface area contributed by atoms with Crippen molar-refractivity contribution in [3.05, 3.63) is 0 Å². The van der Waals surface area contributed by atoms with E-state index in [1.807, 2.05) is 41.5 Å². The fourth-order valence-electron chi connectivity index (χ4n) is 4.23. The van der Waals surface area contributed by atoms with Crippen LogP contribution < -0.4 is 16.0 Å². The van der Waals surface area contributed by atoms with Crippen LogP contribution in [0, 0.1) is 11.8 Å². The minimum Gasteiger partial charge on any atom is -0.381 e. The van der Waals surface area contributed by atoms with Gasteiger partial charge in [0.2, 0.25) is 18.2 Å². The Balaban J connectivity index is -0.000000824. The van der Waals surface area contributed by atoms with Gasteiger partial charge in [-0.05, 0) is 77.4 Å². The van der Waals surface area contributed by atoms with Crippen molar-refractivity contribution in [1.29, 1.82) is 0 Å². The molecule has 262 valence electrons. The molecule has 0 aromatic rings. The summed E-state index contributed by atoms with van der Waals surface area (Å²) in [5, 5.41) is 18.6. The van der Waals surface area contributed by atoms with Gasteiger partial charge in [0.05, 0.1) is 17.7 Å². The lowest BCUT2D eigenvalue weighted by atomic mass is 9.65. The molecule has 1 heterocycles. The second-order valence-electron chi connectivity index (χ2n) is 12.8. The topological polar surface area (TPSA) is 137 Å². The maximum atomic E-state index is 12.9. The number of ether oxygens (including phenoxy) is 1. The molecule has 1 aliphatic heterocycles. The fraction of sp³-hybridized carbons (Fsp3) is 0.879. The van der Waals surface area contributed by atoms with E-state index in [-0.39, 0.29) is 30.0 Å². The Bertz CT molecular complexity index is 778. The zero-order valence-electron chi connectivity index (χ0n) is 30.2. The van der Waals surface area contributed by atoms with E-state index in [1.54, 1.807) is 13.4 Å². The maximum Gasteiger partial charge on any atom is 0.251 e. The van der Waals surface area contributed by atoms with E-state index in [9.17, 15) is 24.3 Å². The second-order valence-corrected chi connectivity index (χ2v) is 12.8. The van der Waals surface area contributed by atoms with Crippen LogP contribution in [0.4, 0.5) is 0 Å². The number of nitrogens with zero attached hydrogens (tertiary/aromatic N) is 1. The molecule has 0 bridgehead atoms. The van der Waals surface area contributed by atoms with E-state index in [0.717, 1.165) is 18.8 Å². The van der Waals surface area contributed by atoms with Crippen molar-refractivity contribution in [2.45, 2.75) is 150 Å². The molecule has 3 fully saturated rings. The van der Waals surface area contributed by atoms with Crippen LogP contribution in [0.15, 0.2) is 0 Å². The highest BCUT2D eigenvalue weighted by atomic mass is 32.1. The van der Waals surface area contributed by atoms with Crippen molar-refractivity contribution < 1.29 is 29.0 Å². The van der Waals surface area contributed by atoms with Crippen molar-refractivity contribution >= 4 is 36.8 Å². The number of likely N-dealkylation sites (tertiary alicyclic amines) is 1. The van der Waals surface area contributed by atoms with Gasteiger partial charge >= 0.3 is 0 Å². The van der Waals surface area contributed by atoms with Crippen LogP contribution in [0.25, 0.3) is 0 Å². The van der Waals surface area contributed by atoms with Gasteiger partial charge in [-0.3, -0.25) is 19.2 Å². The molecule has 11 heteroatoms. The Labute approximate surface area is 275 Å². The van der Waals surface area contributed by atoms with E-state index in [1.165, 1.54) is 11.3 Å². The Morgan fingerprint density at radius 1 is 1.07 bits per heavy atom. The zero-order chi connectivity index (χ0) is 35.1. The van der Waals surface area contributed by atoms with Crippen LogP contribution in [-0.4, -0.2) is 89.9 Å². The molecule has 2 aliphatic carbocycles. The van der Waals surface area contributed by atoms with E-state index >= 15 is 0 Å². The van der Waals surface area contributed by atoms with E-state index in [0.29, 0.717) is 44.6 Å². The molecule has 2 unspecified atom stereocenters. The molecule has 1 saturated heterocycles. The van der Waals surface area contributed by atoms with Crippen molar-refractivity contribution in [2.24, 2.45) is 11.8 Å². The SMILES string of the molecule is CC.CC(C)C.CC1CC(NC(=O)C2CCCN2C(=O)CNC=O)(C(O)C(=O)NC2CC2)C1.CCC.COC(C)(C)C.CS. The molecule has 3 rings (SSSR count). The van der Waals surface area contributed by atoms with Crippen molar-refractivity contribution in [2.75, 3.05) is 26.5 Å². The van der Waals surface area contributed by atoms with Gasteiger partial charge in [-0.15, -0.1) is 0 Å². The Morgan fingerprint density at radius 3 is 1.89 bits per heavy atom. The molecular weight excluding hydrogens is 580 g/mol. The molecule has 4 N–H and O–H groups in total. The lowest BCUT2D eigenvalue weighted by Crippen LogP contribution is -2.69. The number of thiol groups is 1. The highest BCUT2D eigenvalue weighted by molar-refractivity contribution is 7.79. The third kappa shape index (κ3) is 20.2. The summed E-state index contributed by atoms with van der Waals surface area (Å²) in [6.45, 7) is 23.1. The van der Waals surface area contributed by atoms with Crippen molar-refractivity contribution in [1.82, 2.24) is 20.9 Å². The molecule has 44 heavy (non-hydrogen) atoms. The van der Waals surface area contributed by atoms with Gasteiger partial charge in [0.25, 0.3) is 5.91 Å². The van der Waals surface area contributed by atoms with Crippen LogP contribution in [0.2, 0.25) is 0 Å². The summed E-state index contributed by atoms with van der Waals surface area (Å²) in [6, 6.07) is -0.511. The monoisotopic (exact) mass is 648 g/mol. The first-order valence-electron chi connectivity index (χ1n) is 16.3. The largest absolute Gasteiger partial charge is 0.381 e. The van der Waals surface area contributed by atoms with Gasteiger partial charge in [0.1, 0.15) is 6.04 Å². The standard InChI is InChI=1S/C18H28N4O5.C5H12O.C4H10.C3H8.C2H6.CH4S/c1-11-7-18(8-11,15(25)17(27)20-12-4-5-12)21-16(26)13-3-2-6-22(13)14(24)9-19-10-23;1-5(2,3)6-4;1-4(2)3;1-3-2;2*1-2/h10-13,15,25H,2-9H2,1H3,(H,19,23)(H,20,27)(H,21,26);1-4H3;4H,1-3H3;3H2,1-2H3;1-2H3;2H,1H3. The van der Waals surface area contributed by atoms with Crippen LogP contribution in [0.3, 0.4) is 0 Å². The molecule has 0 aromatic heterocycles. The average molecular weight is 649 g/mol. The minimum absolute atomic E-state index is 0.0417. The Kier molecular flexibility index (Phi) is 26.8. The van der Waals surface area contributed by atoms with Gasteiger partial charge in [0, 0.05) is 19.7 Å². The summed E-state index contributed by atoms with van der Waals surface area (Å²) in [6.07, 6.45) is 6.18. The summed E-state index contributed by atoms with van der Waals surface area (Å²) in [4.78, 5) is 49.2. The number of aliphatic hydroxyl groups excluding tert-OH is 1. The number of hydrogen-bond acceptors (Lipinski definition) is 7. The molecule has 3 aliphatic rings. The maximum absolute atomic E-state index is 12.9. The first-order valence-corrected chi connectivity index (χ1v) is 17.2. The first-order chi connectivity index (χ1) is 20.6. The molecule has 0 aromatic carbocycles. The summed E-state index contributed by atoms with van der Waals surface area (Å²) < 4.78 is 4.94. The number of nitrogens with one attached hydrogen (secondary N) is 3. The average Bonchev–Trinajstić information content (AvgIpc) is 3.62. The normalized spacial score (nSPS) is 22.0. The van der Waals surface area contributed by atoms with Crippen LogP contribution in [0.1, 0.15) is 121 Å². The molecule has 0 spiro atoms. The Hall–Kier alpha value is -1.85. The molecule has 2 saturated carbocycles. The van der Waals surface area contributed by atoms with Gasteiger partial charge in [0.15, 0.2) is 6.10 Å². The predicted molar refractivity (Wildman–Crippen MR) is 185 cm³/mol. The van der Waals surface area contributed by atoms with Gasteiger partial charge in [-0.25, -0.2) is 0 Å². The quantitative estimate of drug-likeness (QED) is 0.191. The van der Waals surface area contributed by atoms with E-state index in [4.69, 9.17) is 4.74 Å².